The number of likely N-dealkylation sites (N-methyl/N-ethyl adjacent to an activating group) is 1. The van der Waals surface area contributed by atoms with Crippen LogP contribution in [0.5, 0.6) is 0 Å². The molecule has 1 atom stereocenters. The second-order valence-electron chi connectivity index (χ2n) is 3.30. The highest BCUT2D eigenvalue weighted by Crippen LogP contribution is 2.12. The van der Waals surface area contributed by atoms with Gasteiger partial charge in [0.15, 0.2) is 0 Å². The van der Waals surface area contributed by atoms with Crippen LogP contribution in [-0.4, -0.2) is 24.3 Å². The molecule has 2 nitrogen and oxygen atoms in total. The average molecular weight is 258 g/mol. The van der Waals surface area contributed by atoms with Gasteiger partial charge in [-0.1, -0.05) is 35.0 Å². The lowest BCUT2D eigenvalue weighted by molar-refractivity contribution is 0.172. The number of hydrogen-bond acceptors (Lipinski definition) is 2. The fourth-order valence-electron chi connectivity index (χ4n) is 1.32. The van der Waals surface area contributed by atoms with E-state index in [4.69, 9.17) is 0 Å². The Bertz CT molecular complexity index is 278. The lowest BCUT2D eigenvalue weighted by Crippen LogP contribution is -2.28. The van der Waals surface area contributed by atoms with Crippen molar-refractivity contribution in [1.82, 2.24) is 5.32 Å². The molecule has 3 heteroatoms. The van der Waals surface area contributed by atoms with E-state index in [1.165, 1.54) is 0 Å². The molecule has 0 aromatic heterocycles. The van der Waals surface area contributed by atoms with Gasteiger partial charge >= 0.3 is 0 Å². The maximum absolute atomic E-state index is 9.65. The molecule has 0 aliphatic rings. The minimum atomic E-state index is -0.302. The molecule has 1 unspecified atom stereocenters. The van der Waals surface area contributed by atoms with Crippen molar-refractivity contribution in [1.29, 1.82) is 0 Å². The maximum Gasteiger partial charge on any atom is 0.0704 e. The third kappa shape index (κ3) is 4.22. The Morgan fingerprint density at radius 3 is 2.93 bits per heavy atom. The number of hydrogen-bond donors (Lipinski definition) is 2. The topological polar surface area (TPSA) is 32.3 Å². The largest absolute Gasteiger partial charge is 0.391 e. The molecule has 1 aromatic rings. The van der Waals surface area contributed by atoms with Crippen LogP contribution in [0.1, 0.15) is 12.5 Å². The summed E-state index contributed by atoms with van der Waals surface area (Å²) in [6.07, 6.45) is 0.399. The molecule has 0 spiro atoms. The van der Waals surface area contributed by atoms with Gasteiger partial charge in [-0.15, -0.1) is 0 Å². The van der Waals surface area contributed by atoms with Gasteiger partial charge < -0.3 is 10.4 Å². The molecule has 1 aromatic carbocycles. The third-order valence-corrected chi connectivity index (χ3v) is 2.48. The molecule has 0 amide bonds. The predicted molar refractivity (Wildman–Crippen MR) is 62.4 cm³/mol. The molecule has 0 aliphatic heterocycles. The van der Waals surface area contributed by atoms with Crippen LogP contribution in [0.25, 0.3) is 0 Å². The van der Waals surface area contributed by atoms with Crippen LogP contribution in [0.3, 0.4) is 0 Å². The molecule has 0 bridgehead atoms. The summed E-state index contributed by atoms with van der Waals surface area (Å²) in [4.78, 5) is 0. The first-order valence-electron chi connectivity index (χ1n) is 4.85. The summed E-state index contributed by atoms with van der Waals surface area (Å²) in [7, 11) is 0. The van der Waals surface area contributed by atoms with Crippen molar-refractivity contribution in [3.05, 3.63) is 34.3 Å². The van der Waals surface area contributed by atoms with Crippen LogP contribution >= 0.6 is 15.9 Å². The number of halogens is 1. The zero-order chi connectivity index (χ0) is 10.4. The van der Waals surface area contributed by atoms with Crippen LogP contribution in [-0.2, 0) is 6.42 Å². The Morgan fingerprint density at radius 2 is 2.29 bits per heavy atom. The van der Waals surface area contributed by atoms with E-state index in [0.717, 1.165) is 16.6 Å². The Hall–Kier alpha value is -0.380. The van der Waals surface area contributed by atoms with Gasteiger partial charge in [0.25, 0.3) is 0 Å². The summed E-state index contributed by atoms with van der Waals surface area (Å²) >= 11 is 3.41. The van der Waals surface area contributed by atoms with E-state index < -0.39 is 0 Å². The van der Waals surface area contributed by atoms with Crippen LogP contribution in [0.15, 0.2) is 28.7 Å². The third-order valence-electron chi connectivity index (χ3n) is 1.99. The number of aliphatic hydroxyl groups is 1. The van der Waals surface area contributed by atoms with E-state index in [1.54, 1.807) is 0 Å². The number of rotatable bonds is 5. The molecular formula is C11H16BrNO. The summed E-state index contributed by atoms with van der Waals surface area (Å²) in [6, 6.07) is 8.04. The van der Waals surface area contributed by atoms with Crippen molar-refractivity contribution in [2.45, 2.75) is 19.4 Å². The summed E-state index contributed by atoms with van der Waals surface area (Å²) < 4.78 is 1.06. The summed E-state index contributed by atoms with van der Waals surface area (Å²) in [5, 5.41) is 12.8. The van der Waals surface area contributed by atoms with Gasteiger partial charge in [0.05, 0.1) is 6.10 Å². The first-order valence-corrected chi connectivity index (χ1v) is 5.65. The number of aliphatic hydroxyl groups excluding tert-OH is 1. The van der Waals surface area contributed by atoms with Crippen molar-refractivity contribution in [2.24, 2.45) is 0 Å². The molecule has 1 rings (SSSR count). The Kier molecular flexibility index (Phi) is 5.15. The highest BCUT2D eigenvalue weighted by atomic mass is 79.9. The van der Waals surface area contributed by atoms with Gasteiger partial charge in [0, 0.05) is 11.0 Å². The van der Waals surface area contributed by atoms with Gasteiger partial charge in [-0.3, -0.25) is 0 Å². The molecule has 14 heavy (non-hydrogen) atoms. The lowest BCUT2D eigenvalue weighted by atomic mass is 10.1. The minimum absolute atomic E-state index is 0.302. The van der Waals surface area contributed by atoms with Gasteiger partial charge in [-0.2, -0.15) is 0 Å². The van der Waals surface area contributed by atoms with E-state index in [0.29, 0.717) is 13.0 Å². The van der Waals surface area contributed by atoms with Crippen molar-refractivity contribution in [2.75, 3.05) is 13.1 Å². The van der Waals surface area contributed by atoms with Gasteiger partial charge in [0.1, 0.15) is 0 Å². The Morgan fingerprint density at radius 1 is 1.50 bits per heavy atom. The molecule has 0 radical (unpaired) electrons. The summed E-state index contributed by atoms with van der Waals surface area (Å²) in [5.74, 6) is 0. The van der Waals surface area contributed by atoms with Crippen LogP contribution in [0.4, 0.5) is 0 Å². The van der Waals surface area contributed by atoms with Gasteiger partial charge in [-0.05, 0) is 30.7 Å². The van der Waals surface area contributed by atoms with Crippen LogP contribution in [0.2, 0.25) is 0 Å². The minimum Gasteiger partial charge on any atom is -0.391 e. The molecule has 0 fully saturated rings. The average Bonchev–Trinajstić information content (AvgIpc) is 2.15. The standard InChI is InChI=1S/C11H16BrNO/c1-2-13-8-11(14)7-9-4-3-5-10(12)6-9/h3-6,11,13-14H,2,7-8H2,1H3. The van der Waals surface area contributed by atoms with Gasteiger partial charge in [0.2, 0.25) is 0 Å². The maximum atomic E-state index is 9.65. The van der Waals surface area contributed by atoms with E-state index in [1.807, 2.05) is 31.2 Å². The zero-order valence-electron chi connectivity index (χ0n) is 8.33. The predicted octanol–water partition coefficient (Wildman–Crippen LogP) is 1.96. The van der Waals surface area contributed by atoms with E-state index in [2.05, 4.69) is 21.2 Å². The van der Waals surface area contributed by atoms with E-state index >= 15 is 0 Å². The monoisotopic (exact) mass is 257 g/mol. The van der Waals surface area contributed by atoms with Crippen LogP contribution in [0, 0.1) is 0 Å². The smallest absolute Gasteiger partial charge is 0.0704 e. The van der Waals surface area contributed by atoms with E-state index in [9.17, 15) is 5.11 Å². The molecule has 2 N–H and O–H groups in total. The molecule has 0 saturated carbocycles. The highest BCUT2D eigenvalue weighted by Gasteiger charge is 2.04. The van der Waals surface area contributed by atoms with Crippen molar-refractivity contribution < 1.29 is 5.11 Å². The number of nitrogens with one attached hydrogen (secondary N) is 1. The van der Waals surface area contributed by atoms with Gasteiger partial charge in [-0.25, -0.2) is 0 Å². The zero-order valence-corrected chi connectivity index (χ0v) is 9.92. The Balaban J connectivity index is 2.43. The highest BCUT2D eigenvalue weighted by molar-refractivity contribution is 9.10. The van der Waals surface area contributed by atoms with E-state index in [-0.39, 0.29) is 6.10 Å². The molecule has 78 valence electrons. The van der Waals surface area contributed by atoms with Crippen molar-refractivity contribution in [3.8, 4) is 0 Å². The molecule has 0 saturated heterocycles. The number of benzene rings is 1. The molecule has 0 aliphatic carbocycles. The fraction of sp³-hybridized carbons (Fsp3) is 0.455. The SMILES string of the molecule is CCNCC(O)Cc1cccc(Br)c1. The quantitative estimate of drug-likeness (QED) is 0.846. The van der Waals surface area contributed by atoms with Crippen LogP contribution < -0.4 is 5.32 Å². The second kappa shape index (κ2) is 6.17. The fourth-order valence-corrected chi connectivity index (χ4v) is 1.77. The summed E-state index contributed by atoms with van der Waals surface area (Å²) in [5.41, 5.74) is 1.16. The normalized spacial score (nSPS) is 12.8. The molecular weight excluding hydrogens is 242 g/mol. The first kappa shape index (κ1) is 11.7. The molecule has 0 heterocycles. The first-order chi connectivity index (χ1) is 6.72. The summed E-state index contributed by atoms with van der Waals surface area (Å²) in [6.45, 7) is 3.59. The Labute approximate surface area is 93.5 Å². The van der Waals surface area contributed by atoms with Crippen molar-refractivity contribution in [3.63, 3.8) is 0 Å². The lowest BCUT2D eigenvalue weighted by Gasteiger charge is -2.10. The second-order valence-corrected chi connectivity index (χ2v) is 4.21. The van der Waals surface area contributed by atoms with Crippen molar-refractivity contribution >= 4 is 15.9 Å².